The van der Waals surface area contributed by atoms with Crippen molar-refractivity contribution >= 4 is 28.8 Å². The molecule has 1 aliphatic heterocycles. The Labute approximate surface area is 161 Å². The number of anilines is 1. The highest BCUT2D eigenvalue weighted by molar-refractivity contribution is 7.99. The molecule has 7 heteroatoms. The minimum absolute atomic E-state index is 0.690. The van der Waals surface area contributed by atoms with E-state index in [1.807, 2.05) is 17.8 Å². The third kappa shape index (κ3) is 4.41. The fourth-order valence-corrected chi connectivity index (χ4v) is 4.55. The molecule has 0 amide bonds. The zero-order valence-corrected chi connectivity index (χ0v) is 16.1. The van der Waals surface area contributed by atoms with Crippen LogP contribution in [-0.4, -0.2) is 39.5 Å². The Hall–Kier alpha value is -1.96. The van der Waals surface area contributed by atoms with Gasteiger partial charge in [-0.15, -0.1) is 11.3 Å². The first-order chi connectivity index (χ1) is 12.9. The summed E-state index contributed by atoms with van der Waals surface area (Å²) < 4.78 is 0. The van der Waals surface area contributed by atoms with Gasteiger partial charge in [0.2, 0.25) is 0 Å². The van der Waals surface area contributed by atoms with E-state index in [1.54, 1.807) is 23.7 Å². The third-order valence-electron chi connectivity index (χ3n) is 4.26. The molecule has 0 unspecified atom stereocenters. The summed E-state index contributed by atoms with van der Waals surface area (Å²) in [5.74, 6) is 3.15. The molecule has 2 aromatic heterocycles. The number of benzene rings is 1. The molecule has 134 valence electrons. The third-order valence-corrected chi connectivity index (χ3v) is 6.09. The standard InChI is InChI=1S/C19H21N5S2/c1-6-21-18(22-7-1)19-23-16(14-26-19)13-20-12-15-2-4-17(5-3-15)24-8-10-25-11-9-24/h1-7,14,20H,8-13H2. The van der Waals surface area contributed by atoms with Crippen LogP contribution in [0.4, 0.5) is 5.69 Å². The van der Waals surface area contributed by atoms with E-state index in [-0.39, 0.29) is 0 Å². The van der Waals surface area contributed by atoms with Crippen LogP contribution in [0.1, 0.15) is 11.3 Å². The molecule has 1 aliphatic rings. The fourth-order valence-electron chi connectivity index (χ4n) is 2.88. The van der Waals surface area contributed by atoms with Gasteiger partial charge >= 0.3 is 0 Å². The Morgan fingerprint density at radius 1 is 1.00 bits per heavy atom. The maximum atomic E-state index is 4.61. The van der Waals surface area contributed by atoms with Crippen molar-refractivity contribution in [3.05, 3.63) is 59.4 Å². The molecular weight excluding hydrogens is 362 g/mol. The fraction of sp³-hybridized carbons (Fsp3) is 0.316. The minimum Gasteiger partial charge on any atom is -0.370 e. The van der Waals surface area contributed by atoms with Crippen LogP contribution in [-0.2, 0) is 13.1 Å². The first-order valence-corrected chi connectivity index (χ1v) is 10.8. The Kier molecular flexibility index (Phi) is 5.78. The lowest BCUT2D eigenvalue weighted by molar-refractivity contribution is 0.683. The SMILES string of the molecule is c1cnc(-c2nc(CNCc3ccc(N4CCSCC4)cc3)cs2)nc1. The monoisotopic (exact) mass is 383 g/mol. The molecule has 3 heterocycles. The summed E-state index contributed by atoms with van der Waals surface area (Å²) >= 11 is 3.62. The summed E-state index contributed by atoms with van der Waals surface area (Å²) in [5, 5.41) is 6.40. The van der Waals surface area contributed by atoms with Crippen molar-refractivity contribution in [1.29, 1.82) is 0 Å². The van der Waals surface area contributed by atoms with Gasteiger partial charge in [-0.05, 0) is 23.8 Å². The summed E-state index contributed by atoms with van der Waals surface area (Å²) in [7, 11) is 0. The lowest BCUT2D eigenvalue weighted by Gasteiger charge is -2.28. The Bertz CT molecular complexity index is 813. The lowest BCUT2D eigenvalue weighted by Crippen LogP contribution is -2.32. The van der Waals surface area contributed by atoms with Gasteiger partial charge < -0.3 is 10.2 Å². The van der Waals surface area contributed by atoms with E-state index in [4.69, 9.17) is 0 Å². The number of rotatable bonds is 6. The van der Waals surface area contributed by atoms with E-state index < -0.39 is 0 Å². The molecular formula is C19H21N5S2. The summed E-state index contributed by atoms with van der Waals surface area (Å²) in [6.45, 7) is 3.89. The van der Waals surface area contributed by atoms with E-state index in [1.165, 1.54) is 22.8 Å². The number of hydrogen-bond acceptors (Lipinski definition) is 7. The van der Waals surface area contributed by atoms with E-state index in [9.17, 15) is 0 Å². The van der Waals surface area contributed by atoms with Crippen LogP contribution in [0.25, 0.3) is 10.8 Å². The lowest BCUT2D eigenvalue weighted by atomic mass is 10.2. The van der Waals surface area contributed by atoms with Crippen molar-refractivity contribution in [3.63, 3.8) is 0 Å². The second kappa shape index (κ2) is 8.62. The van der Waals surface area contributed by atoms with Crippen LogP contribution in [0.15, 0.2) is 48.1 Å². The van der Waals surface area contributed by atoms with Crippen LogP contribution >= 0.6 is 23.1 Å². The molecule has 26 heavy (non-hydrogen) atoms. The number of thioether (sulfide) groups is 1. The molecule has 4 rings (SSSR count). The van der Waals surface area contributed by atoms with Gasteiger partial charge in [-0.1, -0.05) is 12.1 Å². The Morgan fingerprint density at radius 3 is 2.54 bits per heavy atom. The van der Waals surface area contributed by atoms with Gasteiger partial charge in [0.25, 0.3) is 0 Å². The molecule has 1 aromatic carbocycles. The van der Waals surface area contributed by atoms with Crippen LogP contribution in [0.5, 0.6) is 0 Å². The molecule has 0 radical (unpaired) electrons. The van der Waals surface area contributed by atoms with Crippen molar-refractivity contribution in [2.24, 2.45) is 0 Å². The second-order valence-electron chi connectivity index (χ2n) is 6.09. The van der Waals surface area contributed by atoms with Crippen molar-refractivity contribution < 1.29 is 0 Å². The summed E-state index contributed by atoms with van der Waals surface area (Å²) in [6, 6.07) is 10.7. The van der Waals surface area contributed by atoms with Gasteiger partial charge in [-0.2, -0.15) is 11.8 Å². The minimum atomic E-state index is 0.690. The van der Waals surface area contributed by atoms with Gasteiger partial charge in [0, 0.05) is 61.1 Å². The van der Waals surface area contributed by atoms with E-state index in [2.05, 4.69) is 54.8 Å². The molecule has 0 atom stereocenters. The average molecular weight is 384 g/mol. The van der Waals surface area contributed by atoms with Crippen LogP contribution < -0.4 is 10.2 Å². The summed E-state index contributed by atoms with van der Waals surface area (Å²) in [6.07, 6.45) is 3.49. The first kappa shape index (κ1) is 17.5. The predicted molar refractivity (Wildman–Crippen MR) is 110 cm³/mol. The smallest absolute Gasteiger partial charge is 0.188 e. The number of hydrogen-bond donors (Lipinski definition) is 1. The van der Waals surface area contributed by atoms with Gasteiger partial charge in [-0.25, -0.2) is 15.0 Å². The second-order valence-corrected chi connectivity index (χ2v) is 8.17. The van der Waals surface area contributed by atoms with Crippen molar-refractivity contribution in [2.75, 3.05) is 29.5 Å². The molecule has 0 aliphatic carbocycles. The Morgan fingerprint density at radius 2 is 1.77 bits per heavy atom. The molecule has 1 N–H and O–H groups in total. The maximum Gasteiger partial charge on any atom is 0.188 e. The van der Waals surface area contributed by atoms with Crippen LogP contribution in [0.2, 0.25) is 0 Å². The predicted octanol–water partition coefficient (Wildman–Crippen LogP) is 3.44. The summed E-state index contributed by atoms with van der Waals surface area (Å²) in [5.41, 5.74) is 3.66. The van der Waals surface area contributed by atoms with Gasteiger partial charge in [0.15, 0.2) is 10.8 Å². The van der Waals surface area contributed by atoms with E-state index in [0.29, 0.717) is 5.82 Å². The molecule has 1 saturated heterocycles. The zero-order chi connectivity index (χ0) is 17.6. The van der Waals surface area contributed by atoms with Crippen molar-refractivity contribution in [2.45, 2.75) is 13.1 Å². The van der Waals surface area contributed by atoms with E-state index in [0.717, 1.165) is 36.9 Å². The van der Waals surface area contributed by atoms with E-state index >= 15 is 0 Å². The zero-order valence-electron chi connectivity index (χ0n) is 14.5. The number of nitrogens with one attached hydrogen (secondary N) is 1. The molecule has 0 bridgehead atoms. The normalized spacial score (nSPS) is 14.5. The van der Waals surface area contributed by atoms with Crippen molar-refractivity contribution in [3.8, 4) is 10.8 Å². The Balaban J connectivity index is 1.29. The molecule has 0 spiro atoms. The topological polar surface area (TPSA) is 53.9 Å². The molecule has 3 aromatic rings. The quantitative estimate of drug-likeness (QED) is 0.704. The number of thiazole rings is 1. The van der Waals surface area contributed by atoms with Crippen LogP contribution in [0.3, 0.4) is 0 Å². The highest BCUT2D eigenvalue weighted by Gasteiger charge is 2.11. The van der Waals surface area contributed by atoms with Crippen molar-refractivity contribution in [1.82, 2.24) is 20.3 Å². The largest absolute Gasteiger partial charge is 0.370 e. The number of aromatic nitrogens is 3. The first-order valence-electron chi connectivity index (χ1n) is 8.72. The molecule has 1 fully saturated rings. The maximum absolute atomic E-state index is 4.61. The average Bonchev–Trinajstić information content (AvgIpc) is 3.19. The van der Waals surface area contributed by atoms with Gasteiger partial charge in [0.05, 0.1) is 5.69 Å². The van der Waals surface area contributed by atoms with Gasteiger partial charge in [0.1, 0.15) is 0 Å². The van der Waals surface area contributed by atoms with Crippen LogP contribution in [0, 0.1) is 0 Å². The highest BCUT2D eigenvalue weighted by atomic mass is 32.2. The molecule has 5 nitrogen and oxygen atoms in total. The molecule has 0 saturated carbocycles. The highest BCUT2D eigenvalue weighted by Crippen LogP contribution is 2.21. The summed E-state index contributed by atoms with van der Waals surface area (Å²) in [4.78, 5) is 15.6. The van der Waals surface area contributed by atoms with Gasteiger partial charge in [-0.3, -0.25) is 0 Å². The number of nitrogens with zero attached hydrogens (tertiary/aromatic N) is 4.